The summed E-state index contributed by atoms with van der Waals surface area (Å²) in [6.45, 7) is 1.06. The number of alkyl halides is 4. The number of ketones is 1. The Hall–Kier alpha value is -3.03. The lowest BCUT2D eigenvalue weighted by molar-refractivity contribution is -0.159. The van der Waals surface area contributed by atoms with E-state index in [9.17, 15) is 27.2 Å². The molecule has 3 heterocycles. The number of carbonyl (C=O) groups is 2. The number of carbonyl (C=O) groups excluding carboxylic acids is 2. The Morgan fingerprint density at radius 2 is 2.09 bits per heavy atom. The van der Waals surface area contributed by atoms with Crippen LogP contribution in [0, 0.1) is 5.92 Å². The Balaban J connectivity index is 1.45. The van der Waals surface area contributed by atoms with Gasteiger partial charge in [0, 0.05) is 31.7 Å². The van der Waals surface area contributed by atoms with Crippen LogP contribution in [0.5, 0.6) is 0 Å². The Morgan fingerprint density at radius 1 is 1.31 bits per heavy atom. The fourth-order valence-corrected chi connectivity index (χ4v) is 3.56. The normalized spacial score (nSPS) is 17.2. The summed E-state index contributed by atoms with van der Waals surface area (Å²) in [5.74, 6) is -2.49. The molecular formula is C18H19F4N7O2S. The van der Waals surface area contributed by atoms with Crippen molar-refractivity contribution in [3.63, 3.8) is 0 Å². The van der Waals surface area contributed by atoms with E-state index in [1.807, 2.05) is 0 Å². The number of nitrogens with zero attached hydrogens (tertiary/aromatic N) is 6. The van der Waals surface area contributed by atoms with Crippen molar-refractivity contribution in [1.82, 2.24) is 30.5 Å². The van der Waals surface area contributed by atoms with E-state index < -0.39 is 24.2 Å². The van der Waals surface area contributed by atoms with Crippen LogP contribution in [0.25, 0.3) is 0 Å². The van der Waals surface area contributed by atoms with Gasteiger partial charge < -0.3 is 5.32 Å². The predicted octanol–water partition coefficient (Wildman–Crippen LogP) is 2.57. The molecule has 0 bridgehead atoms. The van der Waals surface area contributed by atoms with Gasteiger partial charge in [-0.2, -0.15) is 13.2 Å². The first-order valence-corrected chi connectivity index (χ1v) is 10.4. The summed E-state index contributed by atoms with van der Waals surface area (Å²) in [5.41, 5.74) is 0.0933. The second-order valence-electron chi connectivity index (χ2n) is 7.09. The number of amides is 1. The molecule has 2 atom stereocenters. The fraction of sp³-hybridized carbons (Fsp3) is 0.500. The lowest BCUT2D eigenvalue weighted by Crippen LogP contribution is -2.33. The maximum absolute atomic E-state index is 14.3. The zero-order valence-electron chi connectivity index (χ0n) is 16.8. The SMILES string of the molecule is CC(=O)c1nnc(CCC(F)Cn2cc(C(=O)NCC3=NC=CC(C(F)(F)F)C3)nn2)s1. The first-order chi connectivity index (χ1) is 15.1. The quantitative estimate of drug-likeness (QED) is 0.442. The monoisotopic (exact) mass is 473 g/mol. The standard InChI is InChI=1S/C18H19F4N7O2S/c1-10(30)17-27-26-15(32-17)3-2-12(19)8-29-9-14(25-28-29)16(31)24-7-13-6-11(4-5-23-13)18(20,21)22/h4-5,9,11-12H,2-3,6-8H2,1H3,(H,24,31). The van der Waals surface area contributed by atoms with Crippen molar-refractivity contribution in [3.05, 3.63) is 34.2 Å². The third-order valence-electron chi connectivity index (χ3n) is 4.50. The van der Waals surface area contributed by atoms with Crippen LogP contribution in [0.4, 0.5) is 17.6 Å². The minimum atomic E-state index is -4.38. The molecule has 172 valence electrons. The molecule has 2 aromatic heterocycles. The highest BCUT2D eigenvalue weighted by molar-refractivity contribution is 7.13. The zero-order chi connectivity index (χ0) is 23.3. The highest BCUT2D eigenvalue weighted by atomic mass is 32.1. The first-order valence-electron chi connectivity index (χ1n) is 9.56. The van der Waals surface area contributed by atoms with E-state index in [0.29, 0.717) is 11.4 Å². The molecule has 1 amide bonds. The van der Waals surface area contributed by atoms with Gasteiger partial charge >= 0.3 is 6.18 Å². The van der Waals surface area contributed by atoms with E-state index in [4.69, 9.17) is 0 Å². The van der Waals surface area contributed by atoms with E-state index in [-0.39, 0.29) is 48.1 Å². The molecule has 0 aromatic carbocycles. The summed E-state index contributed by atoms with van der Waals surface area (Å²) >= 11 is 1.11. The summed E-state index contributed by atoms with van der Waals surface area (Å²) in [6.07, 6.45) is -2.31. The van der Waals surface area contributed by atoms with Crippen molar-refractivity contribution in [1.29, 1.82) is 0 Å². The van der Waals surface area contributed by atoms with Crippen LogP contribution in [0.15, 0.2) is 23.5 Å². The van der Waals surface area contributed by atoms with Crippen LogP contribution in [0.1, 0.15) is 45.1 Å². The molecule has 9 nitrogen and oxygen atoms in total. The van der Waals surface area contributed by atoms with Crippen molar-refractivity contribution in [3.8, 4) is 0 Å². The molecule has 0 fully saturated rings. The van der Waals surface area contributed by atoms with Gasteiger partial charge in [0.2, 0.25) is 0 Å². The molecule has 0 saturated carbocycles. The Labute approximate surface area is 183 Å². The number of Topliss-reactive ketones (excluding diaryl/α,β-unsaturated/α-hetero) is 1. The molecule has 1 N–H and O–H groups in total. The number of halogens is 4. The van der Waals surface area contributed by atoms with Gasteiger partial charge in [-0.1, -0.05) is 22.6 Å². The second-order valence-corrected chi connectivity index (χ2v) is 8.15. The number of nitrogens with one attached hydrogen (secondary N) is 1. The van der Waals surface area contributed by atoms with E-state index in [2.05, 4.69) is 30.8 Å². The maximum atomic E-state index is 14.3. The van der Waals surface area contributed by atoms with Gasteiger partial charge in [0.05, 0.1) is 25.2 Å². The Bertz CT molecular complexity index is 1030. The average molecular weight is 473 g/mol. The Morgan fingerprint density at radius 3 is 2.78 bits per heavy atom. The Kier molecular flexibility index (Phi) is 7.43. The largest absolute Gasteiger partial charge is 0.395 e. The maximum Gasteiger partial charge on any atom is 0.395 e. The number of hydrogen-bond donors (Lipinski definition) is 1. The van der Waals surface area contributed by atoms with Gasteiger partial charge in [0.1, 0.15) is 11.2 Å². The summed E-state index contributed by atoms with van der Waals surface area (Å²) in [4.78, 5) is 27.3. The van der Waals surface area contributed by atoms with Crippen molar-refractivity contribution < 1.29 is 27.2 Å². The summed E-state index contributed by atoms with van der Waals surface area (Å²) in [7, 11) is 0. The molecule has 14 heteroatoms. The van der Waals surface area contributed by atoms with Crippen molar-refractivity contribution in [2.75, 3.05) is 6.54 Å². The van der Waals surface area contributed by atoms with Crippen LogP contribution < -0.4 is 5.32 Å². The van der Waals surface area contributed by atoms with Gasteiger partial charge in [0.15, 0.2) is 16.5 Å². The number of rotatable bonds is 9. The molecular weight excluding hydrogens is 454 g/mol. The first kappa shape index (κ1) is 23.6. The van der Waals surface area contributed by atoms with E-state index in [0.717, 1.165) is 23.6 Å². The highest BCUT2D eigenvalue weighted by Crippen LogP contribution is 2.31. The van der Waals surface area contributed by atoms with Crippen LogP contribution in [0.3, 0.4) is 0 Å². The van der Waals surface area contributed by atoms with Crippen LogP contribution in [-0.4, -0.2) is 61.5 Å². The van der Waals surface area contributed by atoms with E-state index >= 15 is 0 Å². The van der Waals surface area contributed by atoms with Crippen molar-refractivity contribution >= 4 is 28.7 Å². The summed E-state index contributed by atoms with van der Waals surface area (Å²) in [5, 5.41) is 18.2. The lowest BCUT2D eigenvalue weighted by atomic mass is 9.99. The molecule has 0 spiro atoms. The van der Waals surface area contributed by atoms with Gasteiger partial charge in [-0.25, -0.2) is 9.07 Å². The van der Waals surface area contributed by atoms with Gasteiger partial charge in [-0.15, -0.1) is 15.3 Å². The van der Waals surface area contributed by atoms with Crippen LogP contribution in [0.2, 0.25) is 0 Å². The zero-order valence-corrected chi connectivity index (χ0v) is 17.7. The van der Waals surface area contributed by atoms with Crippen molar-refractivity contribution in [2.24, 2.45) is 10.9 Å². The number of aromatic nitrogens is 5. The third kappa shape index (κ3) is 6.48. The number of aliphatic imine (C=N–C) groups is 1. The molecule has 0 aliphatic carbocycles. The lowest BCUT2D eigenvalue weighted by Gasteiger charge is -2.20. The summed E-state index contributed by atoms with van der Waals surface area (Å²) < 4.78 is 53.8. The van der Waals surface area contributed by atoms with Crippen molar-refractivity contribution in [2.45, 2.75) is 45.1 Å². The third-order valence-corrected chi connectivity index (χ3v) is 5.58. The minimum absolute atomic E-state index is 0.0910. The topological polar surface area (TPSA) is 115 Å². The molecule has 2 unspecified atom stereocenters. The predicted molar refractivity (Wildman–Crippen MR) is 106 cm³/mol. The highest BCUT2D eigenvalue weighted by Gasteiger charge is 2.39. The van der Waals surface area contributed by atoms with Gasteiger partial charge in [-0.3, -0.25) is 14.6 Å². The van der Waals surface area contributed by atoms with E-state index in [1.54, 1.807) is 0 Å². The second kappa shape index (κ2) is 10.1. The van der Waals surface area contributed by atoms with Crippen LogP contribution in [-0.2, 0) is 13.0 Å². The molecule has 0 saturated heterocycles. The summed E-state index contributed by atoms with van der Waals surface area (Å²) in [6, 6.07) is 0. The number of aryl methyl sites for hydroxylation is 1. The smallest absolute Gasteiger partial charge is 0.345 e. The number of allylic oxidation sites excluding steroid dienone is 1. The molecule has 3 rings (SSSR count). The molecule has 32 heavy (non-hydrogen) atoms. The fourth-order valence-electron chi connectivity index (χ4n) is 2.81. The van der Waals surface area contributed by atoms with Crippen LogP contribution >= 0.6 is 11.3 Å². The van der Waals surface area contributed by atoms with Gasteiger partial charge in [-0.05, 0) is 6.42 Å². The minimum Gasteiger partial charge on any atom is -0.345 e. The average Bonchev–Trinajstić information content (AvgIpc) is 3.40. The molecule has 1 aliphatic rings. The van der Waals surface area contributed by atoms with Gasteiger partial charge in [0.25, 0.3) is 5.91 Å². The number of hydrogen-bond acceptors (Lipinski definition) is 8. The molecule has 2 aromatic rings. The molecule has 0 radical (unpaired) electrons. The van der Waals surface area contributed by atoms with E-state index in [1.165, 1.54) is 17.8 Å². The molecule has 1 aliphatic heterocycles.